The second-order valence-electron chi connectivity index (χ2n) is 6.81. The van der Waals surface area contributed by atoms with Crippen LogP contribution in [0, 0.1) is 0 Å². The zero-order chi connectivity index (χ0) is 17.3. The van der Waals surface area contributed by atoms with Gasteiger partial charge in [-0.05, 0) is 53.0 Å². The number of benzene rings is 1. The maximum Gasteiger partial charge on any atom is 0.410 e. The topological polar surface area (TPSA) is 38.8 Å². The second kappa shape index (κ2) is 9.56. The number of hydrogen-bond donors (Lipinski definition) is 0. The van der Waals surface area contributed by atoms with Crippen molar-refractivity contribution in [2.75, 3.05) is 13.1 Å². The van der Waals surface area contributed by atoms with Crippen molar-refractivity contribution in [2.24, 2.45) is 0 Å². The molecule has 1 rings (SSSR count). The Morgan fingerprint density at radius 2 is 1.87 bits per heavy atom. The van der Waals surface area contributed by atoms with Crippen LogP contribution in [-0.4, -0.2) is 35.8 Å². The first kappa shape index (κ1) is 19.5. The second-order valence-corrected chi connectivity index (χ2v) is 6.81. The summed E-state index contributed by atoms with van der Waals surface area (Å²) in [5.41, 5.74) is 0.736. The van der Waals surface area contributed by atoms with Crippen LogP contribution >= 0.6 is 0 Å². The van der Waals surface area contributed by atoms with Crippen LogP contribution in [0.25, 0.3) is 0 Å². The summed E-state index contributed by atoms with van der Waals surface area (Å²) in [4.78, 5) is 13.8. The Bertz CT molecular complexity index is 453. The van der Waals surface area contributed by atoms with E-state index in [1.54, 1.807) is 4.90 Å². The summed E-state index contributed by atoms with van der Waals surface area (Å²) >= 11 is 0. The molecule has 1 aromatic carbocycles. The fourth-order valence-electron chi connectivity index (χ4n) is 2.17. The fourth-order valence-corrected chi connectivity index (χ4v) is 2.17. The van der Waals surface area contributed by atoms with Crippen LogP contribution < -0.4 is 0 Å². The number of rotatable bonds is 8. The molecule has 4 nitrogen and oxygen atoms in total. The predicted octanol–water partition coefficient (Wildman–Crippen LogP) is 4.63. The highest BCUT2D eigenvalue weighted by Crippen LogP contribution is 2.12. The van der Waals surface area contributed by atoms with E-state index in [1.165, 1.54) is 5.56 Å². The van der Waals surface area contributed by atoms with E-state index < -0.39 is 5.60 Å². The van der Waals surface area contributed by atoms with E-state index >= 15 is 0 Å². The van der Waals surface area contributed by atoms with Crippen molar-refractivity contribution in [2.45, 2.75) is 65.8 Å². The van der Waals surface area contributed by atoms with Gasteiger partial charge in [-0.25, -0.2) is 4.79 Å². The molecule has 0 aromatic heterocycles. The average molecular weight is 321 g/mol. The van der Waals surface area contributed by atoms with E-state index in [0.29, 0.717) is 19.7 Å². The molecule has 1 atom stereocenters. The van der Waals surface area contributed by atoms with Gasteiger partial charge in [0, 0.05) is 13.1 Å². The lowest BCUT2D eigenvalue weighted by atomic mass is 10.2. The lowest BCUT2D eigenvalue weighted by Crippen LogP contribution is -2.37. The molecule has 1 amide bonds. The van der Waals surface area contributed by atoms with Crippen molar-refractivity contribution in [1.82, 2.24) is 4.90 Å². The Morgan fingerprint density at radius 1 is 1.22 bits per heavy atom. The molecule has 0 saturated carbocycles. The number of amides is 1. The zero-order valence-electron chi connectivity index (χ0n) is 15.2. The zero-order valence-corrected chi connectivity index (χ0v) is 15.2. The van der Waals surface area contributed by atoms with Gasteiger partial charge < -0.3 is 14.4 Å². The third kappa shape index (κ3) is 8.60. The van der Waals surface area contributed by atoms with Gasteiger partial charge in [-0.2, -0.15) is 0 Å². The molecule has 4 heteroatoms. The first-order chi connectivity index (χ1) is 10.8. The number of nitrogens with zero attached hydrogens (tertiary/aromatic N) is 1. The molecule has 130 valence electrons. The van der Waals surface area contributed by atoms with Gasteiger partial charge in [0.1, 0.15) is 5.60 Å². The molecule has 0 aliphatic rings. The highest BCUT2D eigenvalue weighted by molar-refractivity contribution is 5.68. The molecule has 1 aromatic rings. The van der Waals surface area contributed by atoms with Crippen LogP contribution in [0.15, 0.2) is 30.3 Å². The minimum absolute atomic E-state index is 0.174. The summed E-state index contributed by atoms with van der Waals surface area (Å²) in [5.74, 6) is 0. The van der Waals surface area contributed by atoms with Crippen LogP contribution in [0.5, 0.6) is 0 Å². The Kier molecular flexibility index (Phi) is 8.10. The Balaban J connectivity index is 2.26. The lowest BCUT2D eigenvalue weighted by Gasteiger charge is -2.26. The number of carbonyl (C=O) groups is 1. The molecule has 0 aliphatic heterocycles. The average Bonchev–Trinajstić information content (AvgIpc) is 2.48. The van der Waals surface area contributed by atoms with Crippen LogP contribution in [0.4, 0.5) is 4.79 Å². The molecule has 0 bridgehead atoms. The molecule has 0 aliphatic carbocycles. The van der Waals surface area contributed by atoms with Crippen molar-refractivity contribution >= 4 is 6.09 Å². The predicted molar refractivity (Wildman–Crippen MR) is 93.4 cm³/mol. The highest BCUT2D eigenvalue weighted by atomic mass is 16.6. The summed E-state index contributed by atoms with van der Waals surface area (Å²) in [7, 11) is 0. The van der Waals surface area contributed by atoms with E-state index in [4.69, 9.17) is 9.47 Å². The summed E-state index contributed by atoms with van der Waals surface area (Å²) in [6, 6.07) is 10.2. The molecule has 0 N–H and O–H groups in total. The number of hydrogen-bond acceptors (Lipinski definition) is 3. The van der Waals surface area contributed by atoms with Gasteiger partial charge in [0.2, 0.25) is 0 Å². The van der Waals surface area contributed by atoms with Gasteiger partial charge in [0.25, 0.3) is 0 Å². The Hall–Kier alpha value is -1.55. The minimum atomic E-state index is -0.448. The molecule has 0 spiro atoms. The summed E-state index contributed by atoms with van der Waals surface area (Å²) < 4.78 is 11.3. The molecule has 0 radical (unpaired) electrons. The lowest BCUT2D eigenvalue weighted by molar-refractivity contribution is 0.0219. The van der Waals surface area contributed by atoms with E-state index in [9.17, 15) is 4.79 Å². The first-order valence-electron chi connectivity index (χ1n) is 8.45. The van der Waals surface area contributed by atoms with Gasteiger partial charge in [0.15, 0.2) is 0 Å². The third-order valence-electron chi connectivity index (χ3n) is 3.45. The van der Waals surface area contributed by atoms with E-state index in [2.05, 4.69) is 19.1 Å². The number of ether oxygens (including phenoxy) is 2. The maximum atomic E-state index is 12.0. The molecular weight excluding hydrogens is 290 g/mol. The monoisotopic (exact) mass is 321 g/mol. The van der Waals surface area contributed by atoms with Gasteiger partial charge in [-0.3, -0.25) is 0 Å². The maximum absolute atomic E-state index is 12.0. The van der Waals surface area contributed by atoms with Crippen LogP contribution in [0.1, 0.15) is 53.0 Å². The first-order valence-corrected chi connectivity index (χ1v) is 8.45. The van der Waals surface area contributed by atoms with E-state index in [0.717, 1.165) is 12.8 Å². The molecule has 0 fully saturated rings. The Morgan fingerprint density at radius 3 is 2.43 bits per heavy atom. The summed E-state index contributed by atoms with van der Waals surface area (Å²) in [6.07, 6.45) is 1.76. The SMILES string of the molecule is CCN(CCCC(C)OCc1ccccc1)C(=O)OC(C)(C)C. The molecule has 0 saturated heterocycles. The van der Waals surface area contributed by atoms with Gasteiger partial charge in [0.05, 0.1) is 12.7 Å². The minimum Gasteiger partial charge on any atom is -0.444 e. The Labute approximate surface area is 140 Å². The van der Waals surface area contributed by atoms with Gasteiger partial charge in [-0.1, -0.05) is 30.3 Å². The van der Waals surface area contributed by atoms with Crippen molar-refractivity contribution in [3.05, 3.63) is 35.9 Å². The smallest absolute Gasteiger partial charge is 0.410 e. The van der Waals surface area contributed by atoms with Crippen LogP contribution in [0.2, 0.25) is 0 Å². The standard InChI is InChI=1S/C19H31NO3/c1-6-20(18(21)23-19(3,4)5)14-10-11-16(2)22-15-17-12-8-7-9-13-17/h7-9,12-13,16H,6,10-11,14-15H2,1-5H3. The van der Waals surface area contributed by atoms with Gasteiger partial charge in [-0.15, -0.1) is 0 Å². The van der Waals surface area contributed by atoms with Crippen molar-refractivity contribution < 1.29 is 14.3 Å². The molecule has 23 heavy (non-hydrogen) atoms. The van der Waals surface area contributed by atoms with Crippen LogP contribution in [0.3, 0.4) is 0 Å². The molecular formula is C19H31NO3. The van der Waals surface area contributed by atoms with Crippen molar-refractivity contribution in [3.8, 4) is 0 Å². The third-order valence-corrected chi connectivity index (χ3v) is 3.45. The molecule has 1 unspecified atom stereocenters. The summed E-state index contributed by atoms with van der Waals surface area (Å²) in [6.45, 7) is 11.7. The van der Waals surface area contributed by atoms with Gasteiger partial charge >= 0.3 is 6.09 Å². The largest absolute Gasteiger partial charge is 0.444 e. The van der Waals surface area contributed by atoms with E-state index in [-0.39, 0.29) is 12.2 Å². The van der Waals surface area contributed by atoms with E-state index in [1.807, 2.05) is 45.9 Å². The van der Waals surface area contributed by atoms with Crippen LogP contribution in [-0.2, 0) is 16.1 Å². The normalized spacial score (nSPS) is 12.7. The highest BCUT2D eigenvalue weighted by Gasteiger charge is 2.20. The quantitative estimate of drug-likeness (QED) is 0.701. The number of carbonyl (C=O) groups excluding carboxylic acids is 1. The van der Waals surface area contributed by atoms with Crippen molar-refractivity contribution in [1.29, 1.82) is 0 Å². The summed E-state index contributed by atoms with van der Waals surface area (Å²) in [5, 5.41) is 0. The molecule has 0 heterocycles. The fraction of sp³-hybridized carbons (Fsp3) is 0.632. The van der Waals surface area contributed by atoms with Crippen molar-refractivity contribution in [3.63, 3.8) is 0 Å².